The van der Waals surface area contributed by atoms with E-state index in [1.165, 1.54) is 0 Å². The first-order valence-corrected chi connectivity index (χ1v) is 8.24. The molecule has 3 rings (SSSR count). The number of amides is 1. The highest BCUT2D eigenvalue weighted by Crippen LogP contribution is 2.21. The van der Waals surface area contributed by atoms with Crippen molar-refractivity contribution in [2.45, 2.75) is 26.0 Å². The van der Waals surface area contributed by atoms with Crippen LogP contribution in [0.25, 0.3) is 0 Å². The number of nitrogens with zero attached hydrogens (tertiary/aromatic N) is 3. The maximum Gasteiger partial charge on any atom is 0.223 e. The summed E-state index contributed by atoms with van der Waals surface area (Å²) in [5.74, 6) is 0.981. The van der Waals surface area contributed by atoms with Crippen molar-refractivity contribution in [3.63, 3.8) is 0 Å². The number of hydrogen-bond donors (Lipinski definition) is 2. The molecule has 1 amide bonds. The lowest BCUT2D eigenvalue weighted by atomic mass is 9.95. The number of aromatic nitrogens is 2. The van der Waals surface area contributed by atoms with Gasteiger partial charge < -0.3 is 15.3 Å². The summed E-state index contributed by atoms with van der Waals surface area (Å²) in [4.78, 5) is 23.0. The normalized spacial score (nSPS) is 15.3. The van der Waals surface area contributed by atoms with Gasteiger partial charge >= 0.3 is 0 Å². The quantitative estimate of drug-likeness (QED) is 0.871. The van der Waals surface area contributed by atoms with E-state index >= 15 is 0 Å². The van der Waals surface area contributed by atoms with E-state index < -0.39 is 0 Å². The number of piperidine rings is 1. The molecule has 0 spiro atoms. The van der Waals surface area contributed by atoms with E-state index in [-0.39, 0.29) is 18.4 Å². The van der Waals surface area contributed by atoms with Gasteiger partial charge in [0.2, 0.25) is 5.91 Å². The topological polar surface area (TPSA) is 78.4 Å². The molecule has 1 aliphatic heterocycles. The molecule has 1 fully saturated rings. The Morgan fingerprint density at radius 1 is 1.21 bits per heavy atom. The second-order valence-corrected chi connectivity index (χ2v) is 5.97. The standard InChI is InChI=1S/C18H22N4O2/c23-13-16-4-2-1-3-15(16)11-21-18(24)14-5-9-22(10-6-14)17-12-19-7-8-20-17/h1-4,7-8,12,14,23H,5-6,9-11,13H2,(H,21,24). The number of rotatable bonds is 5. The molecule has 6 nitrogen and oxygen atoms in total. The van der Waals surface area contributed by atoms with Crippen molar-refractivity contribution >= 4 is 11.7 Å². The average Bonchev–Trinajstić information content (AvgIpc) is 2.67. The lowest BCUT2D eigenvalue weighted by molar-refractivity contribution is -0.125. The fraction of sp³-hybridized carbons (Fsp3) is 0.389. The molecule has 0 aliphatic carbocycles. The molecule has 24 heavy (non-hydrogen) atoms. The van der Waals surface area contributed by atoms with Crippen LogP contribution >= 0.6 is 0 Å². The van der Waals surface area contributed by atoms with Crippen molar-refractivity contribution in [2.75, 3.05) is 18.0 Å². The van der Waals surface area contributed by atoms with E-state index in [0.29, 0.717) is 6.54 Å². The van der Waals surface area contributed by atoms with Gasteiger partial charge in [-0.25, -0.2) is 4.98 Å². The van der Waals surface area contributed by atoms with E-state index in [1.54, 1.807) is 18.6 Å². The van der Waals surface area contributed by atoms with Gasteiger partial charge in [-0.05, 0) is 24.0 Å². The Morgan fingerprint density at radius 2 is 1.96 bits per heavy atom. The van der Waals surface area contributed by atoms with Crippen LogP contribution in [0.3, 0.4) is 0 Å². The van der Waals surface area contributed by atoms with Crippen LogP contribution in [0.4, 0.5) is 5.82 Å². The maximum atomic E-state index is 12.4. The lowest BCUT2D eigenvalue weighted by Gasteiger charge is -2.31. The van der Waals surface area contributed by atoms with Crippen LogP contribution in [-0.2, 0) is 17.9 Å². The van der Waals surface area contributed by atoms with Gasteiger partial charge in [0.15, 0.2) is 0 Å². The molecule has 1 aromatic carbocycles. The fourth-order valence-corrected chi connectivity index (χ4v) is 3.04. The minimum Gasteiger partial charge on any atom is -0.392 e. The Labute approximate surface area is 141 Å². The second-order valence-electron chi connectivity index (χ2n) is 5.97. The molecule has 0 unspecified atom stereocenters. The third-order valence-corrected chi connectivity index (χ3v) is 4.48. The van der Waals surface area contributed by atoms with Crippen molar-refractivity contribution in [1.29, 1.82) is 0 Å². The van der Waals surface area contributed by atoms with E-state index in [0.717, 1.165) is 42.9 Å². The van der Waals surface area contributed by atoms with Gasteiger partial charge in [0, 0.05) is 37.9 Å². The van der Waals surface area contributed by atoms with Crippen LogP contribution in [-0.4, -0.2) is 34.1 Å². The summed E-state index contributed by atoms with van der Waals surface area (Å²) in [7, 11) is 0. The minimum atomic E-state index is -0.0114. The lowest BCUT2D eigenvalue weighted by Crippen LogP contribution is -2.40. The van der Waals surface area contributed by atoms with E-state index in [4.69, 9.17) is 0 Å². The van der Waals surface area contributed by atoms with Gasteiger partial charge in [0.25, 0.3) is 0 Å². The van der Waals surface area contributed by atoms with Gasteiger partial charge in [0.05, 0.1) is 12.8 Å². The van der Waals surface area contributed by atoms with Crippen molar-refractivity contribution < 1.29 is 9.90 Å². The SMILES string of the molecule is O=C(NCc1ccccc1CO)C1CCN(c2cnccn2)CC1. The van der Waals surface area contributed by atoms with E-state index in [2.05, 4.69) is 20.2 Å². The number of benzene rings is 1. The zero-order valence-corrected chi connectivity index (χ0v) is 13.6. The molecule has 2 heterocycles. The number of carbonyl (C=O) groups excluding carboxylic acids is 1. The molecule has 6 heteroatoms. The highest BCUT2D eigenvalue weighted by Gasteiger charge is 2.25. The second kappa shape index (κ2) is 7.88. The maximum absolute atomic E-state index is 12.4. The molecule has 0 bridgehead atoms. The van der Waals surface area contributed by atoms with Crippen molar-refractivity contribution in [2.24, 2.45) is 5.92 Å². The Morgan fingerprint density at radius 3 is 2.62 bits per heavy atom. The molecule has 0 radical (unpaired) electrons. The molecule has 0 saturated carbocycles. The Hall–Kier alpha value is -2.47. The van der Waals surface area contributed by atoms with Gasteiger partial charge in [0.1, 0.15) is 5.82 Å². The highest BCUT2D eigenvalue weighted by atomic mass is 16.3. The molecular weight excluding hydrogens is 304 g/mol. The van der Waals surface area contributed by atoms with Crippen LogP contribution in [0.5, 0.6) is 0 Å². The zero-order valence-electron chi connectivity index (χ0n) is 13.6. The first kappa shape index (κ1) is 16.4. The summed E-state index contributed by atoms with van der Waals surface area (Å²) in [6, 6.07) is 7.61. The third-order valence-electron chi connectivity index (χ3n) is 4.48. The highest BCUT2D eigenvalue weighted by molar-refractivity contribution is 5.79. The van der Waals surface area contributed by atoms with E-state index in [1.807, 2.05) is 24.3 Å². The molecule has 126 valence electrons. The van der Waals surface area contributed by atoms with Gasteiger partial charge in [-0.1, -0.05) is 24.3 Å². The van der Waals surface area contributed by atoms with Crippen LogP contribution in [0.15, 0.2) is 42.9 Å². The number of carbonyl (C=O) groups is 1. The summed E-state index contributed by atoms with van der Waals surface area (Å²) in [6.45, 7) is 2.07. The number of nitrogens with one attached hydrogen (secondary N) is 1. The largest absolute Gasteiger partial charge is 0.392 e. The van der Waals surface area contributed by atoms with Crippen LogP contribution in [0.2, 0.25) is 0 Å². The monoisotopic (exact) mass is 326 g/mol. The van der Waals surface area contributed by atoms with Gasteiger partial charge in [-0.2, -0.15) is 0 Å². The molecular formula is C18H22N4O2. The number of aliphatic hydroxyl groups excluding tert-OH is 1. The summed E-state index contributed by atoms with van der Waals surface area (Å²) >= 11 is 0. The Balaban J connectivity index is 1.50. The summed E-state index contributed by atoms with van der Waals surface area (Å²) < 4.78 is 0. The first-order valence-electron chi connectivity index (χ1n) is 8.24. The number of aliphatic hydroxyl groups is 1. The average molecular weight is 326 g/mol. The van der Waals surface area contributed by atoms with Crippen LogP contribution < -0.4 is 10.2 Å². The summed E-state index contributed by atoms with van der Waals surface area (Å²) in [6.07, 6.45) is 6.72. The Bertz CT molecular complexity index is 670. The predicted octanol–water partition coefficient (Wildman–Crippen LogP) is 1.50. The number of anilines is 1. The van der Waals surface area contributed by atoms with Crippen LogP contribution in [0.1, 0.15) is 24.0 Å². The van der Waals surface area contributed by atoms with E-state index in [9.17, 15) is 9.90 Å². The molecule has 1 aliphatic rings. The fourth-order valence-electron chi connectivity index (χ4n) is 3.04. The molecule has 1 saturated heterocycles. The zero-order chi connectivity index (χ0) is 16.8. The summed E-state index contributed by atoms with van der Waals surface area (Å²) in [5, 5.41) is 12.3. The Kier molecular flexibility index (Phi) is 5.38. The minimum absolute atomic E-state index is 0.0114. The van der Waals surface area contributed by atoms with Crippen molar-refractivity contribution in [3.8, 4) is 0 Å². The molecule has 2 N–H and O–H groups in total. The predicted molar refractivity (Wildman–Crippen MR) is 91.2 cm³/mol. The van der Waals surface area contributed by atoms with Gasteiger partial charge in [-0.3, -0.25) is 9.78 Å². The molecule has 1 aromatic heterocycles. The third kappa shape index (κ3) is 3.89. The smallest absolute Gasteiger partial charge is 0.223 e. The number of hydrogen-bond acceptors (Lipinski definition) is 5. The molecule has 2 aromatic rings. The van der Waals surface area contributed by atoms with Gasteiger partial charge in [-0.15, -0.1) is 0 Å². The first-order chi connectivity index (χ1) is 11.8. The summed E-state index contributed by atoms with van der Waals surface area (Å²) in [5.41, 5.74) is 1.82. The van der Waals surface area contributed by atoms with Crippen LogP contribution in [0, 0.1) is 5.92 Å². The van der Waals surface area contributed by atoms with Crippen molar-refractivity contribution in [1.82, 2.24) is 15.3 Å². The molecule has 0 atom stereocenters. The van der Waals surface area contributed by atoms with Crippen molar-refractivity contribution in [3.05, 3.63) is 54.0 Å².